The molecule has 2 fully saturated rings. The fraction of sp³-hybridized carbons (Fsp3) is 0.938. The van der Waals surface area contributed by atoms with E-state index in [9.17, 15) is 4.79 Å². The van der Waals surface area contributed by atoms with Crippen LogP contribution in [0.1, 0.15) is 65.7 Å². The standard InChI is InChI=1S/C16H31N3O/c1-11-6-4-7-12(2)19(11)18-16(20)13(3)14-8-5-9-15(17)10-14/h11-15H,4-10,17H2,1-3H3,(H,18,20). The third-order valence-corrected chi connectivity index (χ3v) is 5.31. The van der Waals surface area contributed by atoms with Crippen LogP contribution in [0.15, 0.2) is 0 Å². The van der Waals surface area contributed by atoms with Crippen LogP contribution in [0.4, 0.5) is 0 Å². The molecule has 4 nitrogen and oxygen atoms in total. The SMILES string of the molecule is CC(C(=O)NN1C(C)CCCC1C)C1CCCC(N)C1. The summed E-state index contributed by atoms with van der Waals surface area (Å²) in [6.45, 7) is 6.48. The summed E-state index contributed by atoms with van der Waals surface area (Å²) in [6.07, 6.45) is 8.04. The quantitative estimate of drug-likeness (QED) is 0.835. The van der Waals surface area contributed by atoms with Crippen molar-refractivity contribution in [3.8, 4) is 0 Å². The summed E-state index contributed by atoms with van der Waals surface area (Å²) in [4.78, 5) is 12.5. The zero-order valence-corrected chi connectivity index (χ0v) is 13.3. The van der Waals surface area contributed by atoms with Crippen LogP contribution in [0.3, 0.4) is 0 Å². The van der Waals surface area contributed by atoms with Crippen molar-refractivity contribution in [2.75, 3.05) is 0 Å². The highest BCUT2D eigenvalue weighted by Gasteiger charge is 2.32. The van der Waals surface area contributed by atoms with Gasteiger partial charge in [-0.1, -0.05) is 19.8 Å². The minimum absolute atomic E-state index is 0.0719. The Morgan fingerprint density at radius 1 is 1.15 bits per heavy atom. The van der Waals surface area contributed by atoms with Gasteiger partial charge in [0.15, 0.2) is 0 Å². The number of hydrogen-bond donors (Lipinski definition) is 2. The lowest BCUT2D eigenvalue weighted by Crippen LogP contribution is -2.55. The van der Waals surface area contributed by atoms with Gasteiger partial charge in [-0.3, -0.25) is 10.2 Å². The van der Waals surface area contributed by atoms with Crippen molar-refractivity contribution in [2.24, 2.45) is 17.6 Å². The molecule has 1 aliphatic carbocycles. The summed E-state index contributed by atoms with van der Waals surface area (Å²) >= 11 is 0. The molecule has 116 valence electrons. The molecule has 1 saturated carbocycles. The number of carbonyl (C=O) groups is 1. The van der Waals surface area contributed by atoms with Gasteiger partial charge in [0, 0.05) is 24.0 Å². The summed E-state index contributed by atoms with van der Waals surface area (Å²) < 4.78 is 0. The van der Waals surface area contributed by atoms with Crippen molar-refractivity contribution in [3.05, 3.63) is 0 Å². The normalized spacial score (nSPS) is 37.4. The van der Waals surface area contributed by atoms with E-state index in [-0.39, 0.29) is 17.9 Å². The molecular weight excluding hydrogens is 250 g/mol. The number of nitrogens with zero attached hydrogens (tertiary/aromatic N) is 1. The maximum Gasteiger partial charge on any atom is 0.237 e. The van der Waals surface area contributed by atoms with Crippen molar-refractivity contribution < 1.29 is 4.79 Å². The average molecular weight is 281 g/mol. The molecule has 1 saturated heterocycles. The first-order valence-electron chi connectivity index (χ1n) is 8.33. The molecule has 20 heavy (non-hydrogen) atoms. The maximum atomic E-state index is 12.5. The van der Waals surface area contributed by atoms with E-state index in [0.29, 0.717) is 18.0 Å². The molecule has 2 rings (SSSR count). The molecule has 0 bridgehead atoms. The Balaban J connectivity index is 1.89. The van der Waals surface area contributed by atoms with E-state index in [1.807, 2.05) is 0 Å². The fourth-order valence-electron chi connectivity index (χ4n) is 3.81. The van der Waals surface area contributed by atoms with Crippen LogP contribution in [0.5, 0.6) is 0 Å². The predicted octanol–water partition coefficient (Wildman–Crippen LogP) is 2.43. The number of nitrogens with two attached hydrogens (primary N) is 1. The number of rotatable bonds is 3. The Bertz CT molecular complexity index is 324. The lowest BCUT2D eigenvalue weighted by molar-refractivity contribution is -0.135. The molecule has 4 heteroatoms. The molecule has 1 amide bonds. The third-order valence-electron chi connectivity index (χ3n) is 5.31. The van der Waals surface area contributed by atoms with Gasteiger partial charge in [-0.15, -0.1) is 0 Å². The van der Waals surface area contributed by atoms with E-state index in [2.05, 4.69) is 31.2 Å². The van der Waals surface area contributed by atoms with Gasteiger partial charge in [0.2, 0.25) is 5.91 Å². The Labute approximate surface area is 123 Å². The first kappa shape index (κ1) is 15.8. The smallest absolute Gasteiger partial charge is 0.237 e. The van der Waals surface area contributed by atoms with E-state index in [4.69, 9.17) is 5.73 Å². The molecule has 5 atom stereocenters. The summed E-state index contributed by atoms with van der Waals surface area (Å²) in [6, 6.07) is 1.18. The predicted molar refractivity (Wildman–Crippen MR) is 81.9 cm³/mol. The zero-order chi connectivity index (χ0) is 14.7. The molecular formula is C16H31N3O. The van der Waals surface area contributed by atoms with Crippen molar-refractivity contribution in [1.82, 2.24) is 10.4 Å². The highest BCUT2D eigenvalue weighted by Crippen LogP contribution is 2.30. The molecule has 0 aromatic rings. The summed E-state index contributed by atoms with van der Waals surface area (Å²) in [5.41, 5.74) is 9.23. The van der Waals surface area contributed by atoms with Crippen molar-refractivity contribution in [1.29, 1.82) is 0 Å². The highest BCUT2D eigenvalue weighted by molar-refractivity contribution is 5.78. The van der Waals surface area contributed by atoms with Gasteiger partial charge < -0.3 is 5.73 Å². The van der Waals surface area contributed by atoms with Crippen LogP contribution in [-0.4, -0.2) is 29.0 Å². The van der Waals surface area contributed by atoms with E-state index >= 15 is 0 Å². The largest absolute Gasteiger partial charge is 0.328 e. The van der Waals surface area contributed by atoms with Gasteiger partial charge in [-0.25, -0.2) is 5.01 Å². The molecule has 3 N–H and O–H groups in total. The van der Waals surface area contributed by atoms with Gasteiger partial charge in [0.1, 0.15) is 0 Å². The van der Waals surface area contributed by atoms with E-state index in [0.717, 1.165) is 19.3 Å². The van der Waals surface area contributed by atoms with Crippen LogP contribution >= 0.6 is 0 Å². The topological polar surface area (TPSA) is 58.4 Å². The molecule has 2 aliphatic rings. The third kappa shape index (κ3) is 3.73. The molecule has 1 aliphatic heterocycles. The van der Waals surface area contributed by atoms with Gasteiger partial charge in [0.05, 0.1) is 0 Å². The van der Waals surface area contributed by atoms with E-state index in [1.54, 1.807) is 0 Å². The molecule has 1 heterocycles. The lowest BCUT2D eigenvalue weighted by atomic mass is 9.78. The van der Waals surface area contributed by atoms with Crippen molar-refractivity contribution in [3.63, 3.8) is 0 Å². The van der Waals surface area contributed by atoms with Gasteiger partial charge >= 0.3 is 0 Å². The van der Waals surface area contributed by atoms with Crippen LogP contribution in [-0.2, 0) is 4.79 Å². The number of piperidine rings is 1. The second kappa shape index (κ2) is 6.90. The summed E-state index contributed by atoms with van der Waals surface area (Å²) in [5.74, 6) is 0.710. The Kier molecular flexibility index (Phi) is 5.44. The number of hydrogen-bond acceptors (Lipinski definition) is 3. The Morgan fingerprint density at radius 2 is 1.75 bits per heavy atom. The fourth-order valence-corrected chi connectivity index (χ4v) is 3.81. The number of nitrogens with one attached hydrogen (secondary N) is 1. The van der Waals surface area contributed by atoms with Gasteiger partial charge in [-0.2, -0.15) is 0 Å². The van der Waals surface area contributed by atoms with Crippen LogP contribution in [0, 0.1) is 11.8 Å². The lowest BCUT2D eigenvalue weighted by Gasteiger charge is -2.40. The number of amides is 1. The Morgan fingerprint density at radius 3 is 2.35 bits per heavy atom. The summed E-state index contributed by atoms with van der Waals surface area (Å²) in [5, 5.41) is 2.17. The number of hydrazine groups is 1. The van der Waals surface area contributed by atoms with E-state index in [1.165, 1.54) is 25.7 Å². The molecule has 0 aromatic heterocycles. The minimum Gasteiger partial charge on any atom is -0.328 e. The first-order chi connectivity index (χ1) is 9.49. The monoisotopic (exact) mass is 281 g/mol. The van der Waals surface area contributed by atoms with Gasteiger partial charge in [-0.05, 0) is 51.9 Å². The minimum atomic E-state index is 0.0719. The van der Waals surface area contributed by atoms with Crippen molar-refractivity contribution in [2.45, 2.75) is 83.8 Å². The molecule has 5 unspecified atom stereocenters. The average Bonchev–Trinajstić information content (AvgIpc) is 2.42. The summed E-state index contributed by atoms with van der Waals surface area (Å²) in [7, 11) is 0. The molecule has 0 radical (unpaired) electrons. The van der Waals surface area contributed by atoms with E-state index < -0.39 is 0 Å². The van der Waals surface area contributed by atoms with Gasteiger partial charge in [0.25, 0.3) is 0 Å². The first-order valence-corrected chi connectivity index (χ1v) is 8.33. The maximum absolute atomic E-state index is 12.5. The molecule has 0 aromatic carbocycles. The van der Waals surface area contributed by atoms with Crippen molar-refractivity contribution >= 4 is 5.91 Å². The van der Waals surface area contributed by atoms with Crippen LogP contribution in [0.25, 0.3) is 0 Å². The van der Waals surface area contributed by atoms with Crippen LogP contribution in [0.2, 0.25) is 0 Å². The second-order valence-electron chi connectivity index (χ2n) is 6.99. The number of carbonyl (C=O) groups excluding carboxylic acids is 1. The Hall–Kier alpha value is -0.610. The highest BCUT2D eigenvalue weighted by atomic mass is 16.2. The molecule has 0 spiro atoms. The van der Waals surface area contributed by atoms with Crippen LogP contribution < -0.4 is 11.2 Å². The zero-order valence-electron chi connectivity index (χ0n) is 13.3. The second-order valence-corrected chi connectivity index (χ2v) is 6.99.